The van der Waals surface area contributed by atoms with Crippen LogP contribution in [-0.2, 0) is 0 Å². The van der Waals surface area contributed by atoms with E-state index in [0.717, 1.165) is 17.4 Å². The van der Waals surface area contributed by atoms with Crippen LogP contribution in [0.4, 0.5) is 0 Å². The van der Waals surface area contributed by atoms with Crippen molar-refractivity contribution in [3.8, 4) is 0 Å². The van der Waals surface area contributed by atoms with E-state index in [4.69, 9.17) is 11.6 Å². The molecule has 0 spiro atoms. The highest BCUT2D eigenvalue weighted by atomic mass is 35.5. The van der Waals surface area contributed by atoms with E-state index in [1.54, 1.807) is 4.90 Å². The predicted molar refractivity (Wildman–Crippen MR) is 75.1 cm³/mol. The Morgan fingerprint density at radius 2 is 2.11 bits per heavy atom. The van der Waals surface area contributed by atoms with Crippen LogP contribution in [0.2, 0.25) is 5.02 Å². The third kappa shape index (κ3) is 2.67. The minimum atomic E-state index is 0.0102. The normalized spacial score (nSPS) is 11.2. The molecular formula is C14H17ClN2O. The van der Waals surface area contributed by atoms with E-state index < -0.39 is 0 Å². The molecule has 1 aromatic heterocycles. The number of hydrogen-bond acceptors (Lipinski definition) is 1. The van der Waals surface area contributed by atoms with Gasteiger partial charge in [0.2, 0.25) is 0 Å². The second-order valence-corrected chi connectivity index (χ2v) is 5.43. The Labute approximate surface area is 112 Å². The fraction of sp³-hybridized carbons (Fsp3) is 0.357. The van der Waals surface area contributed by atoms with Crippen molar-refractivity contribution in [1.29, 1.82) is 0 Å². The monoisotopic (exact) mass is 264 g/mol. The van der Waals surface area contributed by atoms with Gasteiger partial charge in [-0.15, -0.1) is 0 Å². The summed E-state index contributed by atoms with van der Waals surface area (Å²) in [6.45, 7) is 4.93. The van der Waals surface area contributed by atoms with Crippen molar-refractivity contribution >= 4 is 28.4 Å². The van der Waals surface area contributed by atoms with Gasteiger partial charge in [0.05, 0.1) is 0 Å². The van der Waals surface area contributed by atoms with Gasteiger partial charge >= 0.3 is 0 Å². The summed E-state index contributed by atoms with van der Waals surface area (Å²) in [6, 6.07) is 7.40. The molecule has 0 bridgehead atoms. The number of nitrogens with zero attached hydrogens (tertiary/aromatic N) is 1. The lowest BCUT2D eigenvalue weighted by Gasteiger charge is -2.18. The molecule has 0 aliphatic rings. The van der Waals surface area contributed by atoms with Gasteiger partial charge < -0.3 is 9.88 Å². The van der Waals surface area contributed by atoms with Gasteiger partial charge in [-0.25, -0.2) is 0 Å². The Balaban J connectivity index is 2.28. The first kappa shape index (κ1) is 13.0. The van der Waals surface area contributed by atoms with Crippen LogP contribution in [0.25, 0.3) is 10.9 Å². The maximum Gasteiger partial charge on any atom is 0.270 e. The molecule has 3 nitrogen and oxygen atoms in total. The largest absolute Gasteiger partial charge is 0.351 e. The highest BCUT2D eigenvalue weighted by Crippen LogP contribution is 2.20. The van der Waals surface area contributed by atoms with Gasteiger partial charge in [0, 0.05) is 29.5 Å². The summed E-state index contributed by atoms with van der Waals surface area (Å²) in [5.74, 6) is 0.466. The lowest BCUT2D eigenvalue weighted by Crippen LogP contribution is -2.30. The van der Waals surface area contributed by atoms with Crippen molar-refractivity contribution < 1.29 is 4.79 Å². The maximum absolute atomic E-state index is 12.2. The van der Waals surface area contributed by atoms with Crippen molar-refractivity contribution in [3.05, 3.63) is 35.0 Å². The number of rotatable bonds is 3. The summed E-state index contributed by atoms with van der Waals surface area (Å²) in [5, 5.41) is 1.64. The zero-order valence-corrected chi connectivity index (χ0v) is 11.6. The number of carbonyl (C=O) groups excluding carboxylic acids is 1. The van der Waals surface area contributed by atoms with Gasteiger partial charge in [0.15, 0.2) is 0 Å². The molecule has 0 saturated heterocycles. The molecule has 0 unspecified atom stereocenters. The molecule has 0 fully saturated rings. The number of halogens is 1. The molecule has 1 aromatic carbocycles. The molecule has 2 aromatic rings. The fourth-order valence-electron chi connectivity index (χ4n) is 2.05. The number of aromatic amines is 1. The molecule has 1 N–H and O–H groups in total. The average molecular weight is 265 g/mol. The Bertz CT molecular complexity index is 574. The van der Waals surface area contributed by atoms with E-state index in [0.29, 0.717) is 16.6 Å². The summed E-state index contributed by atoms with van der Waals surface area (Å²) in [7, 11) is 1.82. The van der Waals surface area contributed by atoms with Crippen LogP contribution in [-0.4, -0.2) is 29.4 Å². The fourth-order valence-corrected chi connectivity index (χ4v) is 2.24. The van der Waals surface area contributed by atoms with E-state index in [-0.39, 0.29) is 5.91 Å². The number of hydrogen-bond donors (Lipinski definition) is 1. The lowest BCUT2D eigenvalue weighted by molar-refractivity contribution is 0.0774. The van der Waals surface area contributed by atoms with Crippen molar-refractivity contribution in [2.45, 2.75) is 13.8 Å². The van der Waals surface area contributed by atoms with E-state index >= 15 is 0 Å². The second kappa shape index (κ2) is 5.02. The first-order valence-electron chi connectivity index (χ1n) is 6.01. The zero-order valence-electron chi connectivity index (χ0n) is 10.8. The van der Waals surface area contributed by atoms with E-state index in [1.165, 1.54) is 0 Å². The lowest BCUT2D eigenvalue weighted by atomic mass is 10.2. The molecule has 0 aliphatic carbocycles. The van der Waals surface area contributed by atoms with Gasteiger partial charge in [-0.05, 0) is 30.2 Å². The summed E-state index contributed by atoms with van der Waals surface area (Å²) >= 11 is 5.93. The highest BCUT2D eigenvalue weighted by molar-refractivity contribution is 6.31. The van der Waals surface area contributed by atoms with E-state index in [2.05, 4.69) is 18.8 Å². The highest BCUT2D eigenvalue weighted by Gasteiger charge is 2.15. The molecule has 0 atom stereocenters. The van der Waals surface area contributed by atoms with E-state index in [1.807, 2.05) is 31.3 Å². The number of nitrogens with one attached hydrogen (secondary N) is 1. The number of H-pyrrole nitrogens is 1. The number of amides is 1. The van der Waals surface area contributed by atoms with Gasteiger partial charge in [-0.1, -0.05) is 25.4 Å². The quantitative estimate of drug-likeness (QED) is 0.904. The van der Waals surface area contributed by atoms with Gasteiger partial charge in [-0.2, -0.15) is 0 Å². The van der Waals surface area contributed by atoms with Crippen LogP contribution in [0.1, 0.15) is 24.3 Å². The Morgan fingerprint density at radius 1 is 1.39 bits per heavy atom. The van der Waals surface area contributed by atoms with Gasteiger partial charge in [0.1, 0.15) is 5.69 Å². The Hall–Kier alpha value is -1.48. The van der Waals surface area contributed by atoms with Crippen molar-refractivity contribution in [2.75, 3.05) is 13.6 Å². The summed E-state index contributed by atoms with van der Waals surface area (Å²) < 4.78 is 0. The molecular weight excluding hydrogens is 248 g/mol. The van der Waals surface area contributed by atoms with Crippen LogP contribution in [0.5, 0.6) is 0 Å². The number of benzene rings is 1. The third-order valence-corrected chi connectivity index (χ3v) is 3.03. The minimum Gasteiger partial charge on any atom is -0.351 e. The third-order valence-electron chi connectivity index (χ3n) is 2.80. The predicted octanol–water partition coefficient (Wildman–Crippen LogP) is 3.55. The van der Waals surface area contributed by atoms with Crippen LogP contribution < -0.4 is 0 Å². The second-order valence-electron chi connectivity index (χ2n) is 4.99. The number of aromatic nitrogens is 1. The molecule has 1 amide bonds. The van der Waals surface area contributed by atoms with Gasteiger partial charge in [-0.3, -0.25) is 4.79 Å². The molecule has 0 saturated carbocycles. The van der Waals surface area contributed by atoms with Crippen molar-refractivity contribution in [2.24, 2.45) is 5.92 Å². The smallest absolute Gasteiger partial charge is 0.270 e. The topological polar surface area (TPSA) is 36.1 Å². The SMILES string of the molecule is CC(C)CN(C)C(=O)c1cc2cc(Cl)ccc2[nH]1. The minimum absolute atomic E-state index is 0.0102. The summed E-state index contributed by atoms with van der Waals surface area (Å²) in [5.41, 5.74) is 1.54. The van der Waals surface area contributed by atoms with Crippen LogP contribution in [0.3, 0.4) is 0 Å². The number of carbonyl (C=O) groups is 1. The first-order valence-corrected chi connectivity index (χ1v) is 6.39. The molecule has 2 rings (SSSR count). The standard InChI is InChI=1S/C14H17ClN2O/c1-9(2)8-17(3)14(18)13-7-10-6-11(15)4-5-12(10)16-13/h4-7,9,16H,8H2,1-3H3. The molecule has 4 heteroatoms. The van der Waals surface area contributed by atoms with E-state index in [9.17, 15) is 4.79 Å². The van der Waals surface area contributed by atoms with Crippen LogP contribution in [0.15, 0.2) is 24.3 Å². The molecule has 18 heavy (non-hydrogen) atoms. The average Bonchev–Trinajstić information content (AvgIpc) is 2.69. The van der Waals surface area contributed by atoms with Crippen LogP contribution >= 0.6 is 11.6 Å². The molecule has 0 radical (unpaired) electrons. The number of fused-ring (bicyclic) bond motifs is 1. The maximum atomic E-state index is 12.2. The summed E-state index contributed by atoms with van der Waals surface area (Å²) in [6.07, 6.45) is 0. The van der Waals surface area contributed by atoms with Crippen molar-refractivity contribution in [3.63, 3.8) is 0 Å². The van der Waals surface area contributed by atoms with Crippen molar-refractivity contribution in [1.82, 2.24) is 9.88 Å². The van der Waals surface area contributed by atoms with Gasteiger partial charge in [0.25, 0.3) is 5.91 Å². The molecule has 96 valence electrons. The Kier molecular flexibility index (Phi) is 3.62. The molecule has 1 heterocycles. The zero-order chi connectivity index (χ0) is 13.3. The summed E-state index contributed by atoms with van der Waals surface area (Å²) in [4.78, 5) is 17.1. The Morgan fingerprint density at radius 3 is 2.78 bits per heavy atom. The first-order chi connectivity index (χ1) is 8.47. The molecule has 0 aliphatic heterocycles. The van der Waals surface area contributed by atoms with Crippen LogP contribution in [0, 0.1) is 5.92 Å².